The lowest BCUT2D eigenvalue weighted by Crippen LogP contribution is -2.54. The molecule has 0 aromatic heterocycles. The van der Waals surface area contributed by atoms with Gasteiger partial charge in [0.05, 0.1) is 7.11 Å². The monoisotopic (exact) mass is 338 g/mol. The van der Waals surface area contributed by atoms with E-state index in [0.29, 0.717) is 0 Å². The van der Waals surface area contributed by atoms with Gasteiger partial charge in [-0.2, -0.15) is 0 Å². The summed E-state index contributed by atoms with van der Waals surface area (Å²) in [6, 6.07) is 9.01. The lowest BCUT2D eigenvalue weighted by atomic mass is 10.2. The van der Waals surface area contributed by atoms with Crippen molar-refractivity contribution in [3.8, 4) is 0 Å². The predicted molar refractivity (Wildman–Crippen MR) is 84.9 cm³/mol. The Bertz CT molecular complexity index is 568. The molecule has 0 bridgehead atoms. The fourth-order valence-electron chi connectivity index (χ4n) is 1.58. The van der Waals surface area contributed by atoms with Gasteiger partial charge in [-0.05, 0) is 26.3 Å². The van der Waals surface area contributed by atoms with Crippen LogP contribution in [-0.2, 0) is 25.6 Å². The van der Waals surface area contributed by atoms with Crippen LogP contribution in [0.1, 0.15) is 26.3 Å². The highest BCUT2D eigenvalue weighted by Gasteiger charge is 2.27. The van der Waals surface area contributed by atoms with Crippen LogP contribution >= 0.6 is 0 Å². The van der Waals surface area contributed by atoms with Crippen molar-refractivity contribution >= 4 is 18.2 Å². The molecule has 0 aliphatic carbocycles. The fourth-order valence-corrected chi connectivity index (χ4v) is 1.58. The number of benzene rings is 1. The second kappa shape index (κ2) is 8.76. The highest BCUT2D eigenvalue weighted by molar-refractivity contribution is 5.84. The zero-order valence-corrected chi connectivity index (χ0v) is 14.1. The van der Waals surface area contributed by atoms with Gasteiger partial charge in [-0.25, -0.2) is 14.4 Å². The van der Waals surface area contributed by atoms with Crippen molar-refractivity contribution in [1.82, 2.24) is 10.6 Å². The zero-order chi connectivity index (χ0) is 18.2. The summed E-state index contributed by atoms with van der Waals surface area (Å²) in [5.41, 5.74) is 0.0286. The van der Waals surface area contributed by atoms with Crippen LogP contribution in [0.25, 0.3) is 0 Å². The molecule has 1 aromatic carbocycles. The number of hydrogen-bond acceptors (Lipinski definition) is 6. The smallest absolute Gasteiger partial charge is 0.409 e. The maximum atomic E-state index is 11.8. The van der Waals surface area contributed by atoms with E-state index in [4.69, 9.17) is 9.47 Å². The third-order valence-corrected chi connectivity index (χ3v) is 2.57. The van der Waals surface area contributed by atoms with Crippen molar-refractivity contribution < 1.29 is 28.6 Å². The molecule has 0 fully saturated rings. The Labute approximate surface area is 140 Å². The van der Waals surface area contributed by atoms with Gasteiger partial charge in [-0.1, -0.05) is 30.3 Å². The van der Waals surface area contributed by atoms with E-state index in [1.165, 1.54) is 0 Å². The number of carbonyl (C=O) groups excluding carboxylic acids is 3. The number of hydrogen-bond donors (Lipinski definition) is 2. The van der Waals surface area contributed by atoms with Gasteiger partial charge in [0.1, 0.15) is 12.2 Å². The number of alkyl carbamates (subject to hydrolysis) is 2. The number of methoxy groups -OCH3 is 1. The largest absolute Gasteiger partial charge is 0.466 e. The van der Waals surface area contributed by atoms with Crippen molar-refractivity contribution in [2.75, 3.05) is 7.11 Å². The molecular formula is C16H22N2O6. The quantitative estimate of drug-likeness (QED) is 0.483. The van der Waals surface area contributed by atoms with E-state index in [2.05, 4.69) is 15.4 Å². The fraction of sp³-hybridized carbons (Fsp3) is 0.438. The molecule has 0 heterocycles. The van der Waals surface area contributed by atoms with E-state index in [-0.39, 0.29) is 6.61 Å². The Morgan fingerprint density at radius 3 is 2.17 bits per heavy atom. The van der Waals surface area contributed by atoms with Gasteiger partial charge in [-0.15, -0.1) is 0 Å². The number of esters is 1. The third kappa shape index (κ3) is 7.48. The van der Waals surface area contributed by atoms with Crippen LogP contribution in [0.5, 0.6) is 0 Å². The van der Waals surface area contributed by atoms with Crippen molar-refractivity contribution in [2.45, 2.75) is 39.1 Å². The molecule has 1 rings (SSSR count). The van der Waals surface area contributed by atoms with Gasteiger partial charge >= 0.3 is 18.2 Å². The molecule has 0 radical (unpaired) electrons. The molecule has 0 aliphatic heterocycles. The van der Waals surface area contributed by atoms with Gasteiger partial charge in [0.25, 0.3) is 0 Å². The Morgan fingerprint density at radius 1 is 1.04 bits per heavy atom. The van der Waals surface area contributed by atoms with E-state index in [0.717, 1.165) is 12.7 Å². The Balaban J connectivity index is 2.57. The molecule has 0 unspecified atom stereocenters. The summed E-state index contributed by atoms with van der Waals surface area (Å²) in [5, 5.41) is 4.41. The normalized spacial score (nSPS) is 11.8. The maximum absolute atomic E-state index is 11.8. The van der Waals surface area contributed by atoms with Crippen LogP contribution in [0.2, 0.25) is 0 Å². The summed E-state index contributed by atoms with van der Waals surface area (Å²) in [5.74, 6) is -0.863. The van der Waals surface area contributed by atoms with E-state index in [1.807, 2.05) is 6.07 Å². The number of amides is 2. The summed E-state index contributed by atoms with van der Waals surface area (Å²) < 4.78 is 14.5. The molecule has 8 heteroatoms. The summed E-state index contributed by atoms with van der Waals surface area (Å²) in [7, 11) is 1.13. The summed E-state index contributed by atoms with van der Waals surface area (Å²) in [4.78, 5) is 35.2. The number of nitrogens with one attached hydrogen (secondary N) is 2. The standard InChI is InChI=1S/C16H22N2O6/c1-16(2,3)24-15(21)18-12(13(19)22-4)17-14(20)23-10-11-8-6-5-7-9-11/h5-9,12H,10H2,1-4H3,(H,17,20)(H,18,21)/t12-/m0/s1. The average molecular weight is 338 g/mol. The minimum Gasteiger partial charge on any atom is -0.466 e. The summed E-state index contributed by atoms with van der Waals surface area (Å²) >= 11 is 0. The van der Waals surface area contributed by atoms with Crippen molar-refractivity contribution in [3.05, 3.63) is 35.9 Å². The second-order valence-electron chi connectivity index (χ2n) is 5.81. The van der Waals surface area contributed by atoms with Crippen LogP contribution in [-0.4, -0.2) is 37.0 Å². The van der Waals surface area contributed by atoms with Gasteiger partial charge in [0, 0.05) is 0 Å². The molecule has 0 spiro atoms. The molecule has 0 aliphatic rings. The molecule has 1 atom stereocenters. The number of ether oxygens (including phenoxy) is 3. The second-order valence-corrected chi connectivity index (χ2v) is 5.81. The molecular weight excluding hydrogens is 316 g/mol. The van der Waals surface area contributed by atoms with Gasteiger partial charge < -0.3 is 14.2 Å². The van der Waals surface area contributed by atoms with Crippen LogP contribution in [0.4, 0.5) is 9.59 Å². The first-order valence-corrected chi connectivity index (χ1v) is 7.26. The number of carbonyl (C=O) groups is 3. The predicted octanol–water partition coefficient (Wildman–Crippen LogP) is 1.94. The topological polar surface area (TPSA) is 103 Å². The van der Waals surface area contributed by atoms with E-state index >= 15 is 0 Å². The first-order valence-electron chi connectivity index (χ1n) is 7.26. The van der Waals surface area contributed by atoms with Crippen molar-refractivity contribution in [3.63, 3.8) is 0 Å². The lowest BCUT2D eigenvalue weighted by molar-refractivity contribution is -0.143. The van der Waals surface area contributed by atoms with E-state index in [1.54, 1.807) is 45.0 Å². The van der Waals surface area contributed by atoms with Crippen LogP contribution in [0, 0.1) is 0 Å². The molecule has 2 amide bonds. The number of rotatable bonds is 5. The lowest BCUT2D eigenvalue weighted by Gasteiger charge is -2.22. The first-order chi connectivity index (χ1) is 11.2. The summed E-state index contributed by atoms with van der Waals surface area (Å²) in [6.45, 7) is 5.02. The Morgan fingerprint density at radius 2 is 1.62 bits per heavy atom. The van der Waals surface area contributed by atoms with Crippen LogP contribution in [0.3, 0.4) is 0 Å². The Kier molecular flexibility index (Phi) is 7.03. The third-order valence-electron chi connectivity index (χ3n) is 2.57. The highest BCUT2D eigenvalue weighted by atomic mass is 16.6. The van der Waals surface area contributed by atoms with E-state index in [9.17, 15) is 14.4 Å². The SMILES string of the molecule is COC(=O)[C@@H](NC(=O)OCc1ccccc1)NC(=O)OC(C)(C)C. The minimum absolute atomic E-state index is 0.0208. The van der Waals surface area contributed by atoms with Gasteiger partial charge in [0.2, 0.25) is 6.17 Å². The molecule has 0 saturated carbocycles. The van der Waals surface area contributed by atoms with Crippen LogP contribution < -0.4 is 10.6 Å². The Hall–Kier alpha value is -2.77. The maximum Gasteiger partial charge on any atom is 0.409 e. The zero-order valence-electron chi connectivity index (χ0n) is 14.1. The highest BCUT2D eigenvalue weighted by Crippen LogP contribution is 2.07. The van der Waals surface area contributed by atoms with Gasteiger partial charge in [-0.3, -0.25) is 10.6 Å². The average Bonchev–Trinajstić information content (AvgIpc) is 2.50. The minimum atomic E-state index is -1.42. The summed E-state index contributed by atoms with van der Waals surface area (Å²) in [6.07, 6.45) is -3.18. The molecule has 1 aromatic rings. The van der Waals surface area contributed by atoms with Crippen molar-refractivity contribution in [1.29, 1.82) is 0 Å². The first kappa shape index (κ1) is 19.3. The molecule has 0 saturated heterocycles. The molecule has 24 heavy (non-hydrogen) atoms. The molecule has 132 valence electrons. The van der Waals surface area contributed by atoms with Gasteiger partial charge in [0.15, 0.2) is 0 Å². The van der Waals surface area contributed by atoms with Crippen molar-refractivity contribution in [2.24, 2.45) is 0 Å². The van der Waals surface area contributed by atoms with Crippen LogP contribution in [0.15, 0.2) is 30.3 Å². The molecule has 8 nitrogen and oxygen atoms in total. The molecule has 2 N–H and O–H groups in total. The van der Waals surface area contributed by atoms with E-state index < -0.39 is 29.9 Å².